The van der Waals surface area contributed by atoms with E-state index in [1.54, 1.807) is 0 Å². The molecule has 3 N–H and O–H groups in total. The standard InChI is InChI=1S/C81H142O17P2/c1-5-9-13-17-21-25-29-33-36-37-40-44-48-52-56-60-64-68-81(86)98-77(72-92-79(84)66-62-58-54-50-46-43-39-35-31-27-23-19-15-11-7-3)74-96-100(89,90)94-70-75(82)69-93-99(87,88)95-73-76(97-80(85)67-63-59-55-51-47-41-32-28-24-20-16-12-8-4)71-91-78(83)65-61-57-53-49-45-42-38-34-30-26-22-18-14-10-6-2/h21,23,25-27,30,33-36,38-40,44,52,56,75-77,82H,5-20,22,24,28-29,31-32,37,41-43,45-51,53-55,57-74H2,1-4H3,(H,87,88)(H,89,90)/b25-21-,27-23-,30-26-,36-33-,38-34-,39-35-,44-40-,56-52-/t75-,76-,77-/m1/s1. The maximum Gasteiger partial charge on any atom is 0.472 e. The van der Waals surface area contributed by atoms with Crippen molar-refractivity contribution in [3.05, 3.63) is 97.2 Å². The Labute approximate surface area is 607 Å². The highest BCUT2D eigenvalue weighted by atomic mass is 31.2. The molecular weight excluding hydrogens is 1310 g/mol. The third-order valence-corrected chi connectivity index (χ3v) is 18.4. The molecule has 0 aromatic carbocycles. The zero-order valence-electron chi connectivity index (χ0n) is 63.1. The van der Waals surface area contributed by atoms with Crippen LogP contribution in [0.5, 0.6) is 0 Å². The second-order valence-electron chi connectivity index (χ2n) is 26.3. The first-order valence-electron chi connectivity index (χ1n) is 39.5. The van der Waals surface area contributed by atoms with Gasteiger partial charge in [-0.05, 0) is 122 Å². The number of hydrogen-bond donors (Lipinski definition) is 3. The summed E-state index contributed by atoms with van der Waals surface area (Å²) in [5, 5.41) is 10.6. The van der Waals surface area contributed by atoms with Gasteiger partial charge in [-0.1, -0.05) is 285 Å². The van der Waals surface area contributed by atoms with E-state index >= 15 is 0 Å². The first-order valence-corrected chi connectivity index (χ1v) is 42.5. The molecule has 0 aromatic rings. The van der Waals surface area contributed by atoms with Crippen LogP contribution in [0.2, 0.25) is 0 Å². The van der Waals surface area contributed by atoms with Gasteiger partial charge in [0.05, 0.1) is 26.4 Å². The molecule has 2 unspecified atom stereocenters. The molecule has 0 rings (SSSR count). The summed E-state index contributed by atoms with van der Waals surface area (Å²) >= 11 is 0. The van der Waals surface area contributed by atoms with E-state index in [2.05, 4.69) is 113 Å². The fraction of sp³-hybridized carbons (Fsp3) is 0.753. The summed E-state index contributed by atoms with van der Waals surface area (Å²) in [6, 6.07) is 0. The number of carbonyl (C=O) groups is 4. The second kappa shape index (κ2) is 73.3. The fourth-order valence-electron chi connectivity index (χ4n) is 10.5. The molecule has 0 saturated carbocycles. The highest BCUT2D eigenvalue weighted by Gasteiger charge is 2.30. The number of hydrogen-bond acceptors (Lipinski definition) is 15. The van der Waals surface area contributed by atoms with E-state index < -0.39 is 97.5 Å². The van der Waals surface area contributed by atoms with Crippen LogP contribution in [0, 0.1) is 0 Å². The normalized spacial score (nSPS) is 14.4. The van der Waals surface area contributed by atoms with Gasteiger partial charge in [0, 0.05) is 25.7 Å². The number of phosphoric ester groups is 2. The van der Waals surface area contributed by atoms with Gasteiger partial charge in [-0.3, -0.25) is 37.3 Å². The molecule has 0 aliphatic heterocycles. The highest BCUT2D eigenvalue weighted by molar-refractivity contribution is 7.47. The van der Waals surface area contributed by atoms with Crippen LogP contribution >= 0.6 is 15.6 Å². The minimum absolute atomic E-state index is 0.0161. The Kier molecular flexibility index (Phi) is 70.4. The molecule has 0 radical (unpaired) electrons. The number of aliphatic hydroxyl groups excluding tert-OH is 1. The van der Waals surface area contributed by atoms with Gasteiger partial charge in [0.15, 0.2) is 12.2 Å². The predicted molar refractivity (Wildman–Crippen MR) is 409 cm³/mol. The van der Waals surface area contributed by atoms with E-state index in [1.807, 2.05) is 12.2 Å². The quantitative estimate of drug-likeness (QED) is 0.0128. The lowest BCUT2D eigenvalue weighted by atomic mass is 10.0. The zero-order valence-corrected chi connectivity index (χ0v) is 64.9. The molecule has 0 bridgehead atoms. The Hall–Kier alpha value is -4.02. The number of unbranched alkanes of at least 4 members (excludes halogenated alkanes) is 33. The highest BCUT2D eigenvalue weighted by Crippen LogP contribution is 2.45. The van der Waals surface area contributed by atoms with E-state index in [4.69, 9.17) is 37.0 Å². The number of ether oxygens (including phenoxy) is 4. The molecule has 0 spiro atoms. The zero-order chi connectivity index (χ0) is 73.2. The van der Waals surface area contributed by atoms with Crippen LogP contribution in [0.4, 0.5) is 0 Å². The largest absolute Gasteiger partial charge is 0.472 e. The maximum absolute atomic E-state index is 13.1. The third kappa shape index (κ3) is 72.3. The van der Waals surface area contributed by atoms with Crippen molar-refractivity contribution >= 4 is 39.5 Å². The molecule has 578 valence electrons. The van der Waals surface area contributed by atoms with Crippen molar-refractivity contribution in [2.24, 2.45) is 0 Å². The number of carbonyl (C=O) groups excluding carboxylic acids is 4. The topological polar surface area (TPSA) is 237 Å². The van der Waals surface area contributed by atoms with Crippen molar-refractivity contribution in [3.8, 4) is 0 Å². The van der Waals surface area contributed by atoms with Crippen LogP contribution in [0.1, 0.15) is 336 Å². The van der Waals surface area contributed by atoms with Gasteiger partial charge in [-0.15, -0.1) is 0 Å². The van der Waals surface area contributed by atoms with Crippen LogP contribution in [0.15, 0.2) is 97.2 Å². The van der Waals surface area contributed by atoms with Gasteiger partial charge >= 0.3 is 39.5 Å². The number of esters is 4. The van der Waals surface area contributed by atoms with Crippen LogP contribution in [-0.2, 0) is 65.4 Å². The van der Waals surface area contributed by atoms with Crippen molar-refractivity contribution in [1.82, 2.24) is 0 Å². The lowest BCUT2D eigenvalue weighted by molar-refractivity contribution is -0.161. The molecule has 0 aliphatic rings. The Balaban J connectivity index is 5.41. The lowest BCUT2D eigenvalue weighted by Gasteiger charge is -2.21. The Morgan fingerprint density at radius 1 is 0.290 bits per heavy atom. The van der Waals surface area contributed by atoms with E-state index in [-0.39, 0.29) is 25.7 Å². The van der Waals surface area contributed by atoms with Crippen LogP contribution in [-0.4, -0.2) is 96.7 Å². The Morgan fingerprint density at radius 2 is 0.530 bits per heavy atom. The molecule has 0 aliphatic carbocycles. The summed E-state index contributed by atoms with van der Waals surface area (Å²) in [6.07, 6.45) is 76.8. The average Bonchev–Trinajstić information content (AvgIpc) is 0.962. The van der Waals surface area contributed by atoms with Gasteiger partial charge < -0.3 is 33.8 Å². The lowest BCUT2D eigenvalue weighted by Crippen LogP contribution is -2.30. The number of phosphoric acid groups is 2. The van der Waals surface area contributed by atoms with Crippen molar-refractivity contribution in [1.29, 1.82) is 0 Å². The molecule has 19 heteroatoms. The first-order chi connectivity index (χ1) is 48.7. The average molecular weight is 1450 g/mol. The third-order valence-electron chi connectivity index (χ3n) is 16.5. The van der Waals surface area contributed by atoms with Gasteiger partial charge in [-0.25, -0.2) is 9.13 Å². The number of allylic oxidation sites excluding steroid dienone is 16. The van der Waals surface area contributed by atoms with Crippen molar-refractivity contribution in [3.63, 3.8) is 0 Å². The number of aliphatic hydroxyl groups is 1. The Bertz CT molecular complexity index is 2270. The SMILES string of the molecule is CCCCC/C=C\C/C=C\C/C=C\C/C=C\CCCC(=O)O[C@H](COC(=O)CCCCCCC/C=C\C/C=C\CCCCC)COP(=O)(O)OC[C@H](O)COP(=O)(O)OC[C@@H](COC(=O)CCCCCCC/C=C\C=C/CCCCCC)OC(=O)CCCCCCCCCCCCCCC. The summed E-state index contributed by atoms with van der Waals surface area (Å²) in [5.74, 6) is -2.26. The van der Waals surface area contributed by atoms with Crippen LogP contribution in [0.25, 0.3) is 0 Å². The van der Waals surface area contributed by atoms with Gasteiger partial charge in [0.1, 0.15) is 19.3 Å². The fourth-order valence-corrected chi connectivity index (χ4v) is 12.0. The van der Waals surface area contributed by atoms with E-state index in [0.717, 1.165) is 135 Å². The van der Waals surface area contributed by atoms with E-state index in [1.165, 1.54) is 116 Å². The molecule has 0 saturated heterocycles. The van der Waals surface area contributed by atoms with Crippen LogP contribution in [0.3, 0.4) is 0 Å². The summed E-state index contributed by atoms with van der Waals surface area (Å²) in [6.45, 7) is 4.74. The summed E-state index contributed by atoms with van der Waals surface area (Å²) in [5.41, 5.74) is 0. The summed E-state index contributed by atoms with van der Waals surface area (Å²) < 4.78 is 68.5. The van der Waals surface area contributed by atoms with E-state index in [0.29, 0.717) is 32.1 Å². The Morgan fingerprint density at radius 3 is 0.880 bits per heavy atom. The molecule has 17 nitrogen and oxygen atoms in total. The molecule has 0 amide bonds. The molecule has 0 fully saturated rings. The van der Waals surface area contributed by atoms with Crippen LogP contribution < -0.4 is 0 Å². The molecule has 0 aromatic heterocycles. The molecule has 100 heavy (non-hydrogen) atoms. The predicted octanol–water partition coefficient (Wildman–Crippen LogP) is 22.8. The van der Waals surface area contributed by atoms with Gasteiger partial charge in [0.25, 0.3) is 0 Å². The molecule has 5 atom stereocenters. The van der Waals surface area contributed by atoms with Crippen molar-refractivity contribution in [2.75, 3.05) is 39.6 Å². The summed E-state index contributed by atoms with van der Waals surface area (Å²) in [4.78, 5) is 72.9. The first kappa shape index (κ1) is 96.0. The van der Waals surface area contributed by atoms with Crippen molar-refractivity contribution < 1.29 is 80.2 Å². The van der Waals surface area contributed by atoms with Gasteiger partial charge in [0.2, 0.25) is 0 Å². The monoisotopic (exact) mass is 1450 g/mol. The van der Waals surface area contributed by atoms with Crippen molar-refractivity contribution in [2.45, 2.75) is 354 Å². The molecule has 0 heterocycles. The van der Waals surface area contributed by atoms with E-state index in [9.17, 15) is 43.2 Å². The smallest absolute Gasteiger partial charge is 0.462 e. The minimum atomic E-state index is -4.99. The molecular formula is C81H142O17P2. The maximum atomic E-state index is 13.1. The second-order valence-corrected chi connectivity index (χ2v) is 29.2. The number of rotatable bonds is 74. The minimum Gasteiger partial charge on any atom is -0.462 e. The van der Waals surface area contributed by atoms with Gasteiger partial charge in [-0.2, -0.15) is 0 Å². The summed E-state index contributed by atoms with van der Waals surface area (Å²) in [7, 11) is -9.97.